The summed E-state index contributed by atoms with van der Waals surface area (Å²) < 4.78 is 6.00. The van der Waals surface area contributed by atoms with Gasteiger partial charge in [0.05, 0.1) is 11.7 Å². The van der Waals surface area contributed by atoms with Crippen LogP contribution in [-0.4, -0.2) is 41.8 Å². The highest BCUT2D eigenvalue weighted by molar-refractivity contribution is 5.02. The van der Waals surface area contributed by atoms with Crippen LogP contribution in [0.2, 0.25) is 0 Å². The number of ether oxygens (including phenoxy) is 1. The number of hydrogen-bond donors (Lipinski definition) is 1. The van der Waals surface area contributed by atoms with E-state index >= 15 is 0 Å². The van der Waals surface area contributed by atoms with E-state index in [2.05, 4.69) is 32.6 Å². The lowest BCUT2D eigenvalue weighted by molar-refractivity contribution is -0.0542. The molecule has 2 saturated heterocycles. The molecular weight excluding hydrogens is 200 g/mol. The van der Waals surface area contributed by atoms with Crippen molar-refractivity contribution in [2.24, 2.45) is 11.7 Å². The highest BCUT2D eigenvalue weighted by atomic mass is 16.5. The Kier molecular flexibility index (Phi) is 3.06. The van der Waals surface area contributed by atoms with Crippen molar-refractivity contribution >= 4 is 0 Å². The van der Waals surface area contributed by atoms with Crippen molar-refractivity contribution in [3.63, 3.8) is 0 Å². The predicted molar refractivity (Wildman–Crippen MR) is 66.4 cm³/mol. The molecule has 2 fully saturated rings. The molecule has 2 aliphatic heterocycles. The van der Waals surface area contributed by atoms with E-state index in [9.17, 15) is 0 Å². The van der Waals surface area contributed by atoms with E-state index in [0.29, 0.717) is 12.0 Å². The largest absolute Gasteiger partial charge is 0.371 e. The summed E-state index contributed by atoms with van der Waals surface area (Å²) in [7, 11) is 0. The van der Waals surface area contributed by atoms with Crippen molar-refractivity contribution in [2.45, 2.75) is 57.8 Å². The molecule has 2 heterocycles. The molecule has 0 spiro atoms. The number of likely N-dealkylation sites (tertiary alicyclic amines) is 1. The molecule has 0 bridgehead atoms. The quantitative estimate of drug-likeness (QED) is 0.794. The molecule has 16 heavy (non-hydrogen) atoms. The second kappa shape index (κ2) is 3.97. The smallest absolute Gasteiger partial charge is 0.0710 e. The third kappa shape index (κ3) is 2.41. The third-order valence-electron chi connectivity index (χ3n) is 4.20. The molecule has 0 aromatic rings. The Balaban J connectivity index is 1.74. The predicted octanol–water partition coefficient (Wildman–Crippen LogP) is 1.61. The molecule has 0 amide bonds. The van der Waals surface area contributed by atoms with Crippen LogP contribution in [0.5, 0.6) is 0 Å². The van der Waals surface area contributed by atoms with Gasteiger partial charge in [0, 0.05) is 25.2 Å². The van der Waals surface area contributed by atoms with Crippen LogP contribution >= 0.6 is 0 Å². The standard InChI is InChI=1S/C13H26N2O/c1-10(2)13(14)8-15(9-13)7-11-5-6-12(3,4)16-11/h10-11H,5-9,14H2,1-4H3. The summed E-state index contributed by atoms with van der Waals surface area (Å²) in [5.74, 6) is 0.574. The number of hydrogen-bond acceptors (Lipinski definition) is 3. The van der Waals surface area contributed by atoms with Crippen LogP contribution in [0.4, 0.5) is 0 Å². The van der Waals surface area contributed by atoms with Gasteiger partial charge in [-0.3, -0.25) is 4.90 Å². The van der Waals surface area contributed by atoms with Crippen LogP contribution in [0.25, 0.3) is 0 Å². The van der Waals surface area contributed by atoms with Crippen molar-refractivity contribution in [1.82, 2.24) is 4.90 Å². The van der Waals surface area contributed by atoms with Crippen LogP contribution in [0.15, 0.2) is 0 Å². The molecule has 0 saturated carbocycles. The van der Waals surface area contributed by atoms with E-state index in [1.165, 1.54) is 12.8 Å². The van der Waals surface area contributed by atoms with Gasteiger partial charge in [-0.2, -0.15) is 0 Å². The van der Waals surface area contributed by atoms with Gasteiger partial charge < -0.3 is 10.5 Å². The summed E-state index contributed by atoms with van der Waals surface area (Å²) in [5, 5.41) is 0. The fourth-order valence-electron chi connectivity index (χ4n) is 2.77. The molecule has 94 valence electrons. The SMILES string of the molecule is CC(C)C1(N)CN(CC2CCC(C)(C)O2)C1. The van der Waals surface area contributed by atoms with Crippen LogP contribution < -0.4 is 5.73 Å². The Labute approximate surface area is 99.3 Å². The lowest BCUT2D eigenvalue weighted by Crippen LogP contribution is -2.70. The lowest BCUT2D eigenvalue weighted by Gasteiger charge is -2.51. The zero-order valence-corrected chi connectivity index (χ0v) is 11.1. The normalized spacial score (nSPS) is 33.0. The highest BCUT2D eigenvalue weighted by Gasteiger charge is 2.43. The first-order valence-electron chi connectivity index (χ1n) is 6.50. The molecule has 2 aliphatic rings. The summed E-state index contributed by atoms with van der Waals surface area (Å²) >= 11 is 0. The van der Waals surface area contributed by atoms with Crippen LogP contribution in [0.1, 0.15) is 40.5 Å². The minimum atomic E-state index is 0.0497. The first-order chi connectivity index (χ1) is 7.31. The Morgan fingerprint density at radius 1 is 1.38 bits per heavy atom. The van der Waals surface area contributed by atoms with E-state index in [0.717, 1.165) is 19.6 Å². The van der Waals surface area contributed by atoms with Gasteiger partial charge in [-0.25, -0.2) is 0 Å². The number of nitrogens with zero attached hydrogens (tertiary/aromatic N) is 1. The summed E-state index contributed by atoms with van der Waals surface area (Å²) in [5.41, 5.74) is 6.42. The second-order valence-electron chi connectivity index (χ2n) is 6.60. The average Bonchev–Trinajstić information content (AvgIpc) is 2.42. The van der Waals surface area contributed by atoms with E-state index in [-0.39, 0.29) is 11.1 Å². The molecule has 3 heteroatoms. The summed E-state index contributed by atoms with van der Waals surface area (Å²) in [4.78, 5) is 2.44. The second-order valence-corrected chi connectivity index (χ2v) is 6.60. The van der Waals surface area contributed by atoms with Gasteiger partial charge in [-0.05, 0) is 32.6 Å². The molecule has 0 aliphatic carbocycles. The Morgan fingerprint density at radius 3 is 2.44 bits per heavy atom. The van der Waals surface area contributed by atoms with Gasteiger partial charge in [-0.15, -0.1) is 0 Å². The van der Waals surface area contributed by atoms with Gasteiger partial charge in [0.25, 0.3) is 0 Å². The monoisotopic (exact) mass is 226 g/mol. The minimum Gasteiger partial charge on any atom is -0.371 e. The van der Waals surface area contributed by atoms with Crippen LogP contribution in [-0.2, 0) is 4.74 Å². The Hall–Kier alpha value is -0.120. The van der Waals surface area contributed by atoms with Crippen molar-refractivity contribution in [3.05, 3.63) is 0 Å². The van der Waals surface area contributed by atoms with Gasteiger partial charge in [0.2, 0.25) is 0 Å². The first-order valence-corrected chi connectivity index (χ1v) is 6.50. The lowest BCUT2D eigenvalue weighted by atomic mass is 9.80. The fourth-order valence-corrected chi connectivity index (χ4v) is 2.77. The van der Waals surface area contributed by atoms with Crippen LogP contribution in [0.3, 0.4) is 0 Å². The Morgan fingerprint density at radius 2 is 2.00 bits per heavy atom. The van der Waals surface area contributed by atoms with E-state index < -0.39 is 0 Å². The number of rotatable bonds is 3. The molecule has 1 unspecified atom stereocenters. The van der Waals surface area contributed by atoms with Gasteiger partial charge in [0.1, 0.15) is 0 Å². The molecule has 0 aromatic heterocycles. The van der Waals surface area contributed by atoms with Crippen molar-refractivity contribution in [3.8, 4) is 0 Å². The molecular formula is C13H26N2O. The molecule has 3 nitrogen and oxygen atoms in total. The highest BCUT2D eigenvalue weighted by Crippen LogP contribution is 2.32. The van der Waals surface area contributed by atoms with Gasteiger partial charge in [-0.1, -0.05) is 13.8 Å². The van der Waals surface area contributed by atoms with Crippen molar-refractivity contribution in [1.29, 1.82) is 0 Å². The maximum Gasteiger partial charge on any atom is 0.0710 e. The average molecular weight is 226 g/mol. The van der Waals surface area contributed by atoms with Gasteiger partial charge in [0.15, 0.2) is 0 Å². The van der Waals surface area contributed by atoms with Gasteiger partial charge >= 0.3 is 0 Å². The van der Waals surface area contributed by atoms with Crippen molar-refractivity contribution < 1.29 is 4.74 Å². The fraction of sp³-hybridized carbons (Fsp3) is 1.00. The summed E-state index contributed by atoms with van der Waals surface area (Å²) in [6.45, 7) is 11.9. The summed E-state index contributed by atoms with van der Waals surface area (Å²) in [6, 6.07) is 0. The maximum atomic E-state index is 6.28. The molecule has 2 N–H and O–H groups in total. The molecule has 1 atom stereocenters. The molecule has 2 rings (SSSR count). The van der Waals surface area contributed by atoms with Crippen molar-refractivity contribution in [2.75, 3.05) is 19.6 Å². The number of nitrogens with two attached hydrogens (primary N) is 1. The first kappa shape index (κ1) is 12.3. The topological polar surface area (TPSA) is 38.5 Å². The third-order valence-corrected chi connectivity index (χ3v) is 4.20. The summed E-state index contributed by atoms with van der Waals surface area (Å²) in [6.07, 6.45) is 2.80. The van der Waals surface area contributed by atoms with Crippen LogP contribution in [0, 0.1) is 5.92 Å². The van der Waals surface area contributed by atoms with E-state index in [1.54, 1.807) is 0 Å². The molecule has 0 aromatic carbocycles. The maximum absolute atomic E-state index is 6.28. The van der Waals surface area contributed by atoms with E-state index in [1.807, 2.05) is 0 Å². The Bertz CT molecular complexity index is 257. The minimum absolute atomic E-state index is 0.0497. The molecule has 0 radical (unpaired) electrons. The zero-order valence-electron chi connectivity index (χ0n) is 11.1. The zero-order chi connectivity index (χ0) is 12.0. The van der Waals surface area contributed by atoms with E-state index in [4.69, 9.17) is 10.5 Å².